The number of thioether (sulfide) groups is 1. The summed E-state index contributed by atoms with van der Waals surface area (Å²) in [7, 11) is 0. The zero-order chi connectivity index (χ0) is 14.7. The normalized spacial score (nSPS) is 18.5. The Morgan fingerprint density at radius 1 is 1.14 bits per heavy atom. The van der Waals surface area contributed by atoms with E-state index in [1.807, 2.05) is 23.9 Å². The summed E-state index contributed by atoms with van der Waals surface area (Å²) in [6, 6.07) is 16.6. The van der Waals surface area contributed by atoms with E-state index in [1.54, 1.807) is 0 Å². The third kappa shape index (κ3) is 3.82. The first-order chi connectivity index (χ1) is 10.2. The molecule has 2 atom stereocenters. The Morgan fingerprint density at radius 2 is 1.90 bits per heavy atom. The van der Waals surface area contributed by atoms with Gasteiger partial charge >= 0.3 is 0 Å². The SMILES string of the molecule is OCC(Cc1ccc(Cl)cc1)CC1Cc2ccccc2S1. The number of fused-ring (bicyclic) bond motifs is 1. The topological polar surface area (TPSA) is 20.2 Å². The number of aliphatic hydroxyl groups excluding tert-OH is 1. The average Bonchev–Trinajstić information content (AvgIpc) is 2.91. The molecule has 0 aromatic heterocycles. The second-order valence-electron chi connectivity index (χ2n) is 5.67. The van der Waals surface area contributed by atoms with E-state index >= 15 is 0 Å². The molecular weight excluding hydrogens is 300 g/mol. The highest BCUT2D eigenvalue weighted by molar-refractivity contribution is 8.00. The Labute approximate surface area is 135 Å². The molecule has 1 aliphatic heterocycles. The maximum Gasteiger partial charge on any atom is 0.0462 e. The third-order valence-corrected chi connectivity index (χ3v) is 5.60. The molecule has 3 heteroatoms. The van der Waals surface area contributed by atoms with Crippen LogP contribution >= 0.6 is 23.4 Å². The third-order valence-electron chi connectivity index (χ3n) is 4.01. The first-order valence-electron chi connectivity index (χ1n) is 7.34. The Kier molecular flexibility index (Phi) is 4.89. The van der Waals surface area contributed by atoms with Crippen LogP contribution in [-0.2, 0) is 12.8 Å². The zero-order valence-corrected chi connectivity index (χ0v) is 13.4. The van der Waals surface area contributed by atoms with Crippen molar-refractivity contribution in [2.75, 3.05) is 6.61 Å². The van der Waals surface area contributed by atoms with Crippen LogP contribution < -0.4 is 0 Å². The van der Waals surface area contributed by atoms with Crippen LogP contribution in [0.4, 0.5) is 0 Å². The summed E-state index contributed by atoms with van der Waals surface area (Å²) in [5, 5.41) is 11.0. The molecule has 1 heterocycles. The van der Waals surface area contributed by atoms with E-state index in [4.69, 9.17) is 11.6 Å². The van der Waals surface area contributed by atoms with Crippen molar-refractivity contribution in [2.45, 2.75) is 29.4 Å². The second-order valence-corrected chi connectivity index (χ2v) is 7.45. The molecule has 2 unspecified atom stereocenters. The zero-order valence-electron chi connectivity index (χ0n) is 11.8. The predicted molar refractivity (Wildman–Crippen MR) is 90.1 cm³/mol. The van der Waals surface area contributed by atoms with Gasteiger partial charge in [-0.3, -0.25) is 0 Å². The summed E-state index contributed by atoms with van der Waals surface area (Å²) in [4.78, 5) is 1.41. The summed E-state index contributed by atoms with van der Waals surface area (Å²) in [5.74, 6) is 0.318. The van der Waals surface area contributed by atoms with Crippen molar-refractivity contribution in [1.29, 1.82) is 0 Å². The molecule has 0 radical (unpaired) electrons. The van der Waals surface area contributed by atoms with E-state index in [1.165, 1.54) is 16.0 Å². The van der Waals surface area contributed by atoms with Crippen molar-refractivity contribution in [1.82, 2.24) is 0 Å². The molecule has 0 spiro atoms. The first-order valence-corrected chi connectivity index (χ1v) is 8.60. The smallest absolute Gasteiger partial charge is 0.0462 e. The van der Waals surface area contributed by atoms with Crippen LogP contribution in [-0.4, -0.2) is 17.0 Å². The summed E-state index contributed by atoms with van der Waals surface area (Å²) in [6.07, 6.45) is 3.09. The van der Waals surface area contributed by atoms with Crippen LogP contribution in [0.1, 0.15) is 17.5 Å². The van der Waals surface area contributed by atoms with Crippen LogP contribution in [0.3, 0.4) is 0 Å². The quantitative estimate of drug-likeness (QED) is 0.869. The molecule has 110 valence electrons. The molecular formula is C18H19ClOS. The Morgan fingerprint density at radius 3 is 2.62 bits per heavy atom. The van der Waals surface area contributed by atoms with Gasteiger partial charge in [-0.2, -0.15) is 0 Å². The largest absolute Gasteiger partial charge is 0.396 e. The number of aliphatic hydroxyl groups is 1. The van der Waals surface area contributed by atoms with Crippen molar-refractivity contribution in [3.63, 3.8) is 0 Å². The minimum absolute atomic E-state index is 0.246. The van der Waals surface area contributed by atoms with Gasteiger partial charge in [0.15, 0.2) is 0 Å². The van der Waals surface area contributed by atoms with E-state index in [-0.39, 0.29) is 6.61 Å². The van der Waals surface area contributed by atoms with E-state index < -0.39 is 0 Å². The standard InChI is InChI=1S/C18H19ClOS/c19-16-7-5-13(6-8-16)9-14(12-20)10-17-11-15-3-1-2-4-18(15)21-17/h1-8,14,17,20H,9-12H2. The van der Waals surface area contributed by atoms with Crippen molar-refractivity contribution in [3.05, 3.63) is 64.7 Å². The molecule has 0 saturated carbocycles. The first kappa shape index (κ1) is 15.0. The van der Waals surface area contributed by atoms with Crippen LogP contribution in [0.15, 0.2) is 53.4 Å². The van der Waals surface area contributed by atoms with Crippen LogP contribution in [0.5, 0.6) is 0 Å². The minimum atomic E-state index is 0.246. The van der Waals surface area contributed by atoms with Gasteiger partial charge in [-0.25, -0.2) is 0 Å². The summed E-state index contributed by atoms with van der Waals surface area (Å²) < 4.78 is 0. The Balaban J connectivity index is 1.60. The summed E-state index contributed by atoms with van der Waals surface area (Å²) in [5.41, 5.74) is 2.70. The van der Waals surface area contributed by atoms with Crippen molar-refractivity contribution < 1.29 is 5.11 Å². The predicted octanol–water partition coefficient (Wildman–Crippen LogP) is 4.60. The molecule has 3 rings (SSSR count). The van der Waals surface area contributed by atoms with E-state index in [0.717, 1.165) is 24.3 Å². The summed E-state index contributed by atoms with van der Waals surface area (Å²) >= 11 is 7.88. The van der Waals surface area contributed by atoms with Crippen molar-refractivity contribution in [2.24, 2.45) is 5.92 Å². The molecule has 2 aromatic rings. The van der Waals surface area contributed by atoms with Gasteiger partial charge in [0.2, 0.25) is 0 Å². The Hall–Kier alpha value is -0.960. The maximum atomic E-state index is 9.68. The summed E-state index contributed by atoms with van der Waals surface area (Å²) in [6.45, 7) is 0.246. The molecule has 0 amide bonds. The lowest BCUT2D eigenvalue weighted by Gasteiger charge is -2.18. The van der Waals surface area contributed by atoms with Crippen molar-refractivity contribution >= 4 is 23.4 Å². The molecule has 1 aliphatic rings. The number of hydrogen-bond acceptors (Lipinski definition) is 2. The van der Waals surface area contributed by atoms with Gasteiger partial charge in [0.05, 0.1) is 0 Å². The molecule has 21 heavy (non-hydrogen) atoms. The lowest BCUT2D eigenvalue weighted by molar-refractivity contribution is 0.217. The van der Waals surface area contributed by atoms with Gasteiger partial charge in [0.1, 0.15) is 0 Å². The van der Waals surface area contributed by atoms with Crippen LogP contribution in [0, 0.1) is 5.92 Å². The van der Waals surface area contributed by atoms with E-state index in [2.05, 4.69) is 36.4 Å². The number of halogens is 1. The molecule has 0 bridgehead atoms. The van der Waals surface area contributed by atoms with Gasteiger partial charge in [0, 0.05) is 21.8 Å². The number of benzene rings is 2. The van der Waals surface area contributed by atoms with Gasteiger partial charge in [-0.05, 0) is 54.5 Å². The molecule has 1 N–H and O–H groups in total. The van der Waals surface area contributed by atoms with Gasteiger partial charge < -0.3 is 5.11 Å². The van der Waals surface area contributed by atoms with E-state index in [9.17, 15) is 5.11 Å². The second kappa shape index (κ2) is 6.87. The van der Waals surface area contributed by atoms with Gasteiger partial charge in [-0.1, -0.05) is 41.9 Å². The number of hydrogen-bond donors (Lipinski definition) is 1. The fraction of sp³-hybridized carbons (Fsp3) is 0.333. The fourth-order valence-electron chi connectivity index (χ4n) is 2.93. The lowest BCUT2D eigenvalue weighted by Crippen LogP contribution is -2.16. The number of rotatable bonds is 5. The monoisotopic (exact) mass is 318 g/mol. The minimum Gasteiger partial charge on any atom is -0.396 e. The molecule has 0 aliphatic carbocycles. The highest BCUT2D eigenvalue weighted by atomic mass is 35.5. The van der Waals surface area contributed by atoms with Crippen LogP contribution in [0.2, 0.25) is 5.02 Å². The average molecular weight is 319 g/mol. The molecule has 0 fully saturated rings. The molecule has 1 nitrogen and oxygen atoms in total. The fourth-order valence-corrected chi connectivity index (χ4v) is 4.51. The molecule has 2 aromatic carbocycles. The maximum absolute atomic E-state index is 9.68. The highest BCUT2D eigenvalue weighted by Gasteiger charge is 2.24. The highest BCUT2D eigenvalue weighted by Crippen LogP contribution is 2.39. The van der Waals surface area contributed by atoms with Crippen molar-refractivity contribution in [3.8, 4) is 0 Å². The van der Waals surface area contributed by atoms with Gasteiger partial charge in [0.25, 0.3) is 0 Å². The van der Waals surface area contributed by atoms with E-state index in [0.29, 0.717) is 11.2 Å². The van der Waals surface area contributed by atoms with Gasteiger partial charge in [-0.15, -0.1) is 11.8 Å². The van der Waals surface area contributed by atoms with Crippen LogP contribution in [0.25, 0.3) is 0 Å². The lowest BCUT2D eigenvalue weighted by atomic mass is 9.93. The Bertz CT molecular complexity index is 571. The molecule has 0 saturated heterocycles.